The van der Waals surface area contributed by atoms with Crippen molar-refractivity contribution in [1.29, 1.82) is 0 Å². The third kappa shape index (κ3) is 5.72. The van der Waals surface area contributed by atoms with Gasteiger partial charge in [0.2, 0.25) is 0 Å². The van der Waals surface area contributed by atoms with Gasteiger partial charge in [-0.05, 0) is 27.9 Å². The molecule has 0 saturated carbocycles. The van der Waals surface area contributed by atoms with Crippen LogP contribution in [-0.4, -0.2) is 48.7 Å². The fraction of sp³-hybridized carbons (Fsp3) is 0.700. The van der Waals surface area contributed by atoms with Crippen molar-refractivity contribution in [3.63, 3.8) is 0 Å². The molecule has 0 spiro atoms. The molecule has 4 heteroatoms. The minimum atomic E-state index is -0.904. The third-order valence-corrected chi connectivity index (χ3v) is 2.29. The molecule has 0 bridgehead atoms. The van der Waals surface area contributed by atoms with Crippen molar-refractivity contribution in [2.24, 2.45) is 0 Å². The van der Waals surface area contributed by atoms with Crippen LogP contribution in [0, 0.1) is 0 Å². The molecule has 0 aliphatic rings. The largest absolute Gasteiger partial charge is 0.478 e. The molecular formula is C10H20N2O2. The quantitative estimate of drug-likeness (QED) is 0.486. The Labute approximate surface area is 85.6 Å². The number of carboxylic acid groups (broad SMARTS) is 1. The van der Waals surface area contributed by atoms with Crippen molar-refractivity contribution >= 4 is 5.97 Å². The first-order valence-corrected chi connectivity index (χ1v) is 4.64. The molecular weight excluding hydrogens is 180 g/mol. The van der Waals surface area contributed by atoms with Crippen LogP contribution in [0.1, 0.15) is 13.8 Å². The normalized spacial score (nSPS) is 12.6. The Morgan fingerprint density at radius 3 is 2.50 bits per heavy atom. The van der Waals surface area contributed by atoms with Crippen LogP contribution >= 0.6 is 0 Å². The van der Waals surface area contributed by atoms with E-state index in [2.05, 4.69) is 24.1 Å². The molecule has 0 radical (unpaired) electrons. The topological polar surface area (TPSA) is 52.6 Å². The maximum atomic E-state index is 10.1. The summed E-state index contributed by atoms with van der Waals surface area (Å²) in [4.78, 5) is 12.3. The van der Waals surface area contributed by atoms with Gasteiger partial charge in [-0.25, -0.2) is 4.79 Å². The molecule has 0 fully saturated rings. The molecule has 0 heterocycles. The molecule has 0 aliphatic heterocycles. The molecule has 0 aliphatic carbocycles. The van der Waals surface area contributed by atoms with Gasteiger partial charge in [0.05, 0.1) is 0 Å². The van der Waals surface area contributed by atoms with Gasteiger partial charge in [0.1, 0.15) is 0 Å². The molecule has 0 amide bonds. The molecule has 82 valence electrons. The minimum Gasteiger partial charge on any atom is -0.478 e. The maximum absolute atomic E-state index is 10.1. The van der Waals surface area contributed by atoms with Gasteiger partial charge in [-0.15, -0.1) is 0 Å². The highest BCUT2D eigenvalue weighted by atomic mass is 16.4. The molecule has 0 atom stereocenters. The summed E-state index contributed by atoms with van der Waals surface area (Å²) in [5, 5.41) is 11.5. The summed E-state index contributed by atoms with van der Waals surface area (Å²) in [5.74, 6) is -0.904. The number of nitrogens with one attached hydrogen (secondary N) is 1. The number of likely N-dealkylation sites (N-methyl/N-ethyl adjacent to an activating group) is 1. The molecule has 0 saturated heterocycles. The predicted octanol–water partition coefficient (Wildman–Crippen LogP) is 0.557. The van der Waals surface area contributed by atoms with E-state index in [1.54, 1.807) is 6.08 Å². The fourth-order valence-electron chi connectivity index (χ4n) is 0.779. The van der Waals surface area contributed by atoms with Crippen molar-refractivity contribution < 1.29 is 9.90 Å². The summed E-state index contributed by atoms with van der Waals surface area (Å²) < 4.78 is 0. The molecule has 14 heavy (non-hydrogen) atoms. The number of hydrogen-bond donors (Lipinski definition) is 2. The van der Waals surface area contributed by atoms with Crippen molar-refractivity contribution in [2.75, 3.05) is 27.2 Å². The van der Waals surface area contributed by atoms with Gasteiger partial charge < -0.3 is 15.3 Å². The van der Waals surface area contributed by atoms with Gasteiger partial charge in [-0.3, -0.25) is 0 Å². The summed E-state index contributed by atoms with van der Waals surface area (Å²) in [6, 6.07) is 0. The molecule has 0 unspecified atom stereocenters. The minimum absolute atomic E-state index is 0.0804. The second kappa shape index (κ2) is 5.78. The lowest BCUT2D eigenvalue weighted by Gasteiger charge is -2.32. The van der Waals surface area contributed by atoms with Crippen molar-refractivity contribution in [1.82, 2.24) is 10.2 Å². The molecule has 4 nitrogen and oxygen atoms in total. The maximum Gasteiger partial charge on any atom is 0.328 e. The number of rotatable bonds is 6. The average molecular weight is 200 g/mol. The standard InChI is InChI=1S/C10H20N2O2/c1-10(2,12(3)4)8-11-7-5-6-9(13)14/h5-6,11H,7-8H2,1-4H3,(H,13,14)/b6-5+. The van der Waals surface area contributed by atoms with Gasteiger partial charge in [0.25, 0.3) is 0 Å². The van der Waals surface area contributed by atoms with E-state index in [4.69, 9.17) is 5.11 Å². The highest BCUT2D eigenvalue weighted by Gasteiger charge is 2.18. The Morgan fingerprint density at radius 2 is 2.07 bits per heavy atom. The van der Waals surface area contributed by atoms with E-state index >= 15 is 0 Å². The van der Waals surface area contributed by atoms with Crippen molar-refractivity contribution in [3.8, 4) is 0 Å². The van der Waals surface area contributed by atoms with Gasteiger partial charge in [-0.2, -0.15) is 0 Å². The van der Waals surface area contributed by atoms with E-state index in [0.717, 1.165) is 12.6 Å². The number of carbonyl (C=O) groups is 1. The van der Waals surface area contributed by atoms with E-state index in [0.29, 0.717) is 6.54 Å². The van der Waals surface area contributed by atoms with Gasteiger partial charge in [0.15, 0.2) is 0 Å². The Kier molecular flexibility index (Phi) is 5.42. The van der Waals surface area contributed by atoms with Crippen LogP contribution in [0.5, 0.6) is 0 Å². The number of carboxylic acids is 1. The number of hydrogen-bond acceptors (Lipinski definition) is 3. The van der Waals surface area contributed by atoms with Crippen LogP contribution in [-0.2, 0) is 4.79 Å². The SMILES string of the molecule is CN(C)C(C)(C)CNC/C=C/C(=O)O. The first-order valence-electron chi connectivity index (χ1n) is 4.64. The first-order chi connectivity index (χ1) is 6.36. The van der Waals surface area contributed by atoms with Crippen LogP contribution < -0.4 is 5.32 Å². The zero-order valence-corrected chi connectivity index (χ0v) is 9.37. The van der Waals surface area contributed by atoms with Gasteiger partial charge in [0, 0.05) is 24.7 Å². The molecule has 2 N–H and O–H groups in total. The zero-order valence-electron chi connectivity index (χ0n) is 9.37. The van der Waals surface area contributed by atoms with E-state index in [-0.39, 0.29) is 5.54 Å². The van der Waals surface area contributed by atoms with Crippen LogP contribution in [0.25, 0.3) is 0 Å². The first kappa shape index (κ1) is 13.1. The Balaban J connectivity index is 3.69. The lowest BCUT2D eigenvalue weighted by Crippen LogP contribution is -2.46. The van der Waals surface area contributed by atoms with Crippen LogP contribution in [0.4, 0.5) is 0 Å². The lowest BCUT2D eigenvalue weighted by atomic mass is 10.0. The Bertz CT molecular complexity index is 210. The second-order valence-corrected chi connectivity index (χ2v) is 4.08. The molecule has 0 aromatic rings. The summed E-state index contributed by atoms with van der Waals surface area (Å²) in [6.07, 6.45) is 2.75. The summed E-state index contributed by atoms with van der Waals surface area (Å²) >= 11 is 0. The highest BCUT2D eigenvalue weighted by Crippen LogP contribution is 2.07. The predicted molar refractivity (Wildman–Crippen MR) is 57.4 cm³/mol. The number of nitrogens with zero attached hydrogens (tertiary/aromatic N) is 1. The van der Waals surface area contributed by atoms with Crippen LogP contribution in [0.15, 0.2) is 12.2 Å². The van der Waals surface area contributed by atoms with Crippen LogP contribution in [0.2, 0.25) is 0 Å². The lowest BCUT2D eigenvalue weighted by molar-refractivity contribution is -0.131. The summed E-state index contributed by atoms with van der Waals surface area (Å²) in [5.41, 5.74) is 0.0804. The highest BCUT2D eigenvalue weighted by molar-refractivity contribution is 5.79. The van der Waals surface area contributed by atoms with Crippen molar-refractivity contribution in [2.45, 2.75) is 19.4 Å². The van der Waals surface area contributed by atoms with Gasteiger partial charge in [-0.1, -0.05) is 6.08 Å². The van der Waals surface area contributed by atoms with Crippen molar-refractivity contribution in [3.05, 3.63) is 12.2 Å². The third-order valence-electron chi connectivity index (χ3n) is 2.29. The van der Waals surface area contributed by atoms with Crippen LogP contribution in [0.3, 0.4) is 0 Å². The average Bonchev–Trinajstić information content (AvgIpc) is 2.02. The molecule has 0 rings (SSSR count). The zero-order chi connectivity index (χ0) is 11.2. The van der Waals surface area contributed by atoms with E-state index in [1.165, 1.54) is 0 Å². The summed E-state index contributed by atoms with van der Waals surface area (Å²) in [6.45, 7) is 5.66. The number of aliphatic carboxylic acids is 1. The Hall–Kier alpha value is -0.870. The second-order valence-electron chi connectivity index (χ2n) is 4.08. The smallest absolute Gasteiger partial charge is 0.328 e. The Morgan fingerprint density at radius 1 is 1.50 bits per heavy atom. The van der Waals surface area contributed by atoms with E-state index in [1.807, 2.05) is 14.1 Å². The molecule has 0 aromatic carbocycles. The molecule has 0 aromatic heterocycles. The van der Waals surface area contributed by atoms with Gasteiger partial charge >= 0.3 is 5.97 Å². The monoisotopic (exact) mass is 200 g/mol. The summed E-state index contributed by atoms with van der Waals surface area (Å²) in [7, 11) is 4.05. The van der Waals surface area contributed by atoms with E-state index < -0.39 is 5.97 Å². The fourth-order valence-corrected chi connectivity index (χ4v) is 0.779. The van der Waals surface area contributed by atoms with E-state index in [9.17, 15) is 4.79 Å².